The predicted molar refractivity (Wildman–Crippen MR) is 156 cm³/mol. The molecule has 2 N–H and O–H groups in total. The Hall–Kier alpha value is -4.39. The van der Waals surface area contributed by atoms with Crippen LogP contribution in [0.1, 0.15) is 38.9 Å². The molecular formula is C31H23Cl2N3O3. The van der Waals surface area contributed by atoms with Gasteiger partial charge in [0.1, 0.15) is 11.4 Å². The predicted octanol–water partition coefficient (Wildman–Crippen LogP) is 7.69. The van der Waals surface area contributed by atoms with Crippen molar-refractivity contribution in [1.82, 2.24) is 10.4 Å². The second kappa shape index (κ2) is 11.6. The molecule has 0 aliphatic heterocycles. The Morgan fingerprint density at radius 1 is 0.897 bits per heavy atom. The summed E-state index contributed by atoms with van der Waals surface area (Å²) in [5, 5.41) is 5.87. The Kier molecular flexibility index (Phi) is 7.77. The number of aromatic nitrogens is 1. The van der Waals surface area contributed by atoms with Crippen LogP contribution in [0.25, 0.3) is 22.0 Å². The molecular weight excluding hydrogens is 533 g/mol. The van der Waals surface area contributed by atoms with Crippen LogP contribution in [0.3, 0.4) is 0 Å². The molecule has 5 rings (SSSR count). The molecule has 0 unspecified atom stereocenters. The van der Waals surface area contributed by atoms with Gasteiger partial charge in [0, 0.05) is 32.6 Å². The normalized spacial score (nSPS) is 11.2. The van der Waals surface area contributed by atoms with Crippen molar-refractivity contribution >= 4 is 52.2 Å². The van der Waals surface area contributed by atoms with Crippen LogP contribution in [-0.2, 0) is 6.42 Å². The number of esters is 1. The summed E-state index contributed by atoms with van der Waals surface area (Å²) in [6, 6.07) is 26.9. The smallest absolute Gasteiger partial charge is 0.345 e. The Morgan fingerprint density at radius 2 is 1.62 bits per heavy atom. The number of para-hydroxylation sites is 2. The van der Waals surface area contributed by atoms with Gasteiger partial charge in [0.2, 0.25) is 0 Å². The van der Waals surface area contributed by atoms with Gasteiger partial charge in [0.05, 0.1) is 16.8 Å². The number of benzene rings is 4. The van der Waals surface area contributed by atoms with E-state index in [9.17, 15) is 9.59 Å². The van der Waals surface area contributed by atoms with Crippen LogP contribution in [0.15, 0.2) is 96.1 Å². The minimum atomic E-state index is -0.598. The SMILES string of the molecule is CCc1cccc2c(-c3ccccc3Cl)c(C(=O)NN=Cc3ccccc3OC(=O)c3ccccc3Cl)[nH]c12. The molecule has 6 nitrogen and oxygen atoms in total. The summed E-state index contributed by atoms with van der Waals surface area (Å²) < 4.78 is 5.56. The third kappa shape index (κ3) is 5.43. The number of carbonyl (C=O) groups is 2. The summed E-state index contributed by atoms with van der Waals surface area (Å²) in [4.78, 5) is 29.3. The first-order chi connectivity index (χ1) is 19.0. The van der Waals surface area contributed by atoms with E-state index in [1.807, 2.05) is 36.4 Å². The molecule has 194 valence electrons. The van der Waals surface area contributed by atoms with Crippen molar-refractivity contribution in [3.05, 3.63) is 123 Å². The molecule has 0 saturated carbocycles. The zero-order chi connectivity index (χ0) is 27.4. The average Bonchev–Trinajstić information content (AvgIpc) is 3.34. The summed E-state index contributed by atoms with van der Waals surface area (Å²) in [5.74, 6) is -0.764. The minimum absolute atomic E-state index is 0.247. The van der Waals surface area contributed by atoms with E-state index in [0.29, 0.717) is 26.9 Å². The van der Waals surface area contributed by atoms with E-state index >= 15 is 0 Å². The van der Waals surface area contributed by atoms with Crippen LogP contribution in [0.4, 0.5) is 0 Å². The van der Waals surface area contributed by atoms with E-state index < -0.39 is 11.9 Å². The topological polar surface area (TPSA) is 83.5 Å². The molecule has 1 heterocycles. The minimum Gasteiger partial charge on any atom is -0.422 e. The lowest BCUT2D eigenvalue weighted by atomic mass is 9.99. The molecule has 0 bridgehead atoms. The van der Waals surface area contributed by atoms with E-state index in [1.54, 1.807) is 54.6 Å². The number of nitrogens with one attached hydrogen (secondary N) is 2. The van der Waals surface area contributed by atoms with E-state index in [2.05, 4.69) is 22.4 Å². The number of aryl methyl sites for hydroxylation is 1. The molecule has 8 heteroatoms. The molecule has 0 fully saturated rings. The van der Waals surface area contributed by atoms with Gasteiger partial charge in [-0.25, -0.2) is 10.2 Å². The van der Waals surface area contributed by atoms with Crippen LogP contribution in [0.5, 0.6) is 5.75 Å². The highest BCUT2D eigenvalue weighted by atomic mass is 35.5. The fourth-order valence-electron chi connectivity index (χ4n) is 4.36. The number of hydrogen-bond donors (Lipinski definition) is 2. The maximum atomic E-state index is 13.4. The number of hydrogen-bond acceptors (Lipinski definition) is 4. The van der Waals surface area contributed by atoms with Gasteiger partial charge in [-0.15, -0.1) is 0 Å². The number of nitrogens with zero attached hydrogens (tertiary/aromatic N) is 1. The first-order valence-corrected chi connectivity index (χ1v) is 13.0. The molecule has 0 radical (unpaired) electrons. The molecule has 0 spiro atoms. The lowest BCUT2D eigenvalue weighted by molar-refractivity contribution is 0.0734. The summed E-state index contributed by atoms with van der Waals surface area (Å²) >= 11 is 12.7. The van der Waals surface area contributed by atoms with Crippen LogP contribution < -0.4 is 10.2 Å². The van der Waals surface area contributed by atoms with Gasteiger partial charge < -0.3 is 9.72 Å². The van der Waals surface area contributed by atoms with Gasteiger partial charge in [0.15, 0.2) is 0 Å². The van der Waals surface area contributed by atoms with Gasteiger partial charge in [0.25, 0.3) is 5.91 Å². The van der Waals surface area contributed by atoms with Crippen molar-refractivity contribution in [2.75, 3.05) is 0 Å². The molecule has 0 aliphatic rings. The highest BCUT2D eigenvalue weighted by molar-refractivity contribution is 6.34. The highest BCUT2D eigenvalue weighted by Crippen LogP contribution is 2.37. The number of carbonyl (C=O) groups excluding carboxylic acids is 2. The highest BCUT2D eigenvalue weighted by Gasteiger charge is 2.22. The maximum Gasteiger partial charge on any atom is 0.345 e. The van der Waals surface area contributed by atoms with Crippen LogP contribution in [-0.4, -0.2) is 23.1 Å². The number of fused-ring (bicyclic) bond motifs is 1. The van der Waals surface area contributed by atoms with Crippen LogP contribution in [0, 0.1) is 0 Å². The Balaban J connectivity index is 1.43. The molecule has 0 aliphatic carbocycles. The van der Waals surface area contributed by atoms with Crippen molar-refractivity contribution < 1.29 is 14.3 Å². The quantitative estimate of drug-likeness (QED) is 0.0933. The summed E-state index contributed by atoms with van der Waals surface area (Å²) in [7, 11) is 0. The monoisotopic (exact) mass is 555 g/mol. The second-order valence-corrected chi connectivity index (χ2v) is 9.47. The Morgan fingerprint density at radius 3 is 2.38 bits per heavy atom. The van der Waals surface area contributed by atoms with E-state index in [4.69, 9.17) is 27.9 Å². The van der Waals surface area contributed by atoms with Crippen molar-refractivity contribution in [2.45, 2.75) is 13.3 Å². The van der Waals surface area contributed by atoms with Crippen LogP contribution in [0.2, 0.25) is 10.0 Å². The zero-order valence-corrected chi connectivity index (χ0v) is 22.4. The fraction of sp³-hybridized carbons (Fsp3) is 0.0645. The van der Waals surface area contributed by atoms with E-state index in [-0.39, 0.29) is 11.3 Å². The Bertz CT molecular complexity index is 1730. The van der Waals surface area contributed by atoms with E-state index in [1.165, 1.54) is 6.21 Å². The number of halogens is 2. The lowest BCUT2D eigenvalue weighted by Gasteiger charge is -2.08. The molecule has 0 saturated heterocycles. The summed E-state index contributed by atoms with van der Waals surface area (Å²) in [6.45, 7) is 2.06. The van der Waals surface area contributed by atoms with Crippen molar-refractivity contribution in [1.29, 1.82) is 0 Å². The number of hydrazone groups is 1. The number of amides is 1. The van der Waals surface area contributed by atoms with Crippen molar-refractivity contribution in [3.63, 3.8) is 0 Å². The third-order valence-electron chi connectivity index (χ3n) is 6.26. The fourth-order valence-corrected chi connectivity index (χ4v) is 4.81. The van der Waals surface area contributed by atoms with Gasteiger partial charge >= 0.3 is 5.97 Å². The molecule has 1 amide bonds. The maximum absolute atomic E-state index is 13.4. The summed E-state index contributed by atoms with van der Waals surface area (Å²) in [5.41, 5.74) is 7.07. The zero-order valence-electron chi connectivity index (χ0n) is 20.9. The number of ether oxygens (including phenoxy) is 1. The van der Waals surface area contributed by atoms with Gasteiger partial charge in [-0.1, -0.05) is 90.8 Å². The first kappa shape index (κ1) is 26.2. The second-order valence-electron chi connectivity index (χ2n) is 8.65. The Labute approximate surface area is 235 Å². The molecule has 39 heavy (non-hydrogen) atoms. The number of rotatable bonds is 7. The molecule has 5 aromatic rings. The average molecular weight is 556 g/mol. The lowest BCUT2D eigenvalue weighted by Crippen LogP contribution is -2.19. The number of aromatic amines is 1. The van der Waals surface area contributed by atoms with Crippen molar-refractivity contribution in [2.24, 2.45) is 5.10 Å². The molecule has 1 aromatic heterocycles. The molecule has 0 atom stereocenters. The largest absolute Gasteiger partial charge is 0.422 e. The van der Waals surface area contributed by atoms with Gasteiger partial charge in [-0.2, -0.15) is 5.10 Å². The van der Waals surface area contributed by atoms with Gasteiger partial charge in [-0.3, -0.25) is 4.79 Å². The van der Waals surface area contributed by atoms with Gasteiger partial charge in [-0.05, 0) is 42.3 Å². The van der Waals surface area contributed by atoms with Crippen LogP contribution >= 0.6 is 23.2 Å². The van der Waals surface area contributed by atoms with Crippen molar-refractivity contribution in [3.8, 4) is 16.9 Å². The summed E-state index contributed by atoms with van der Waals surface area (Å²) in [6.07, 6.45) is 2.21. The third-order valence-corrected chi connectivity index (χ3v) is 6.92. The molecule has 4 aromatic carbocycles. The van der Waals surface area contributed by atoms with E-state index in [0.717, 1.165) is 28.5 Å². The standard InChI is InChI=1S/C31H23Cl2N3O3/c1-2-19-11-9-14-23-27(21-12-4-6-15-24(21)32)29(35-28(19)23)30(37)36-34-18-20-10-3-8-17-26(20)39-31(38)22-13-5-7-16-25(22)33/h3-18,35H,2H2,1H3,(H,36,37). The number of H-pyrrole nitrogens is 1. The first-order valence-electron chi connectivity index (χ1n) is 12.3.